The number of ether oxygens (including phenoxy) is 3. The molecule has 2 aromatic carbocycles. The van der Waals surface area contributed by atoms with E-state index in [1.165, 1.54) is 25.3 Å². The summed E-state index contributed by atoms with van der Waals surface area (Å²) in [5.74, 6) is 1.27. The number of benzene rings is 2. The van der Waals surface area contributed by atoms with Crippen LogP contribution in [0.5, 0.6) is 17.2 Å². The number of methoxy groups -OCH3 is 2. The Hall–Kier alpha value is -3.33. The van der Waals surface area contributed by atoms with Crippen LogP contribution in [0.4, 0.5) is 11.4 Å². The molecule has 2 aromatic rings. The Kier molecular flexibility index (Phi) is 7.99. The van der Waals surface area contributed by atoms with Gasteiger partial charge in [-0.2, -0.15) is 0 Å². The molecule has 1 N–H and O–H groups in total. The van der Waals surface area contributed by atoms with E-state index in [0.29, 0.717) is 30.3 Å². The first kappa shape index (κ1) is 23.0. The van der Waals surface area contributed by atoms with E-state index in [1.54, 1.807) is 14.0 Å². The first-order valence-corrected chi connectivity index (χ1v) is 9.43. The summed E-state index contributed by atoms with van der Waals surface area (Å²) in [5, 5.41) is 13.7. The van der Waals surface area contributed by atoms with Crippen LogP contribution < -0.4 is 19.5 Å². The van der Waals surface area contributed by atoms with Crippen LogP contribution in [0.2, 0.25) is 0 Å². The number of hydrogen-bond donors (Lipinski definition) is 1. The predicted molar refractivity (Wildman–Crippen MR) is 113 cm³/mol. The van der Waals surface area contributed by atoms with E-state index in [0.717, 1.165) is 5.56 Å². The summed E-state index contributed by atoms with van der Waals surface area (Å²) in [5.41, 5.74) is 1.22. The number of rotatable bonds is 10. The topological polar surface area (TPSA) is 103 Å². The maximum atomic E-state index is 12.7. The lowest BCUT2D eigenvalue weighted by atomic mass is 10.1. The van der Waals surface area contributed by atoms with Crippen molar-refractivity contribution in [1.29, 1.82) is 0 Å². The number of non-ortho nitro benzene ring substituents is 1. The van der Waals surface area contributed by atoms with Gasteiger partial charge in [-0.05, 0) is 44.7 Å². The van der Waals surface area contributed by atoms with Crippen molar-refractivity contribution >= 4 is 17.3 Å². The summed E-state index contributed by atoms with van der Waals surface area (Å²) < 4.78 is 16.1. The van der Waals surface area contributed by atoms with E-state index in [4.69, 9.17) is 14.2 Å². The molecule has 9 nitrogen and oxygen atoms in total. The van der Waals surface area contributed by atoms with Crippen LogP contribution in [0.3, 0.4) is 0 Å². The van der Waals surface area contributed by atoms with Crippen LogP contribution in [0, 0.1) is 10.1 Å². The quantitative estimate of drug-likeness (QED) is 0.466. The lowest BCUT2D eigenvalue weighted by Crippen LogP contribution is -2.39. The predicted octanol–water partition coefficient (Wildman–Crippen LogP) is 3.47. The Morgan fingerprint density at radius 3 is 2.43 bits per heavy atom. The normalized spacial score (nSPS) is 11.7. The molecule has 0 saturated heterocycles. The van der Waals surface area contributed by atoms with Gasteiger partial charge in [0.25, 0.3) is 5.69 Å². The Balaban J connectivity index is 2.08. The zero-order valence-corrected chi connectivity index (χ0v) is 17.8. The minimum Gasteiger partial charge on any atom is -0.494 e. The number of carbonyl (C=O) groups is 1. The van der Waals surface area contributed by atoms with Crippen molar-refractivity contribution in [2.45, 2.75) is 26.4 Å². The molecule has 0 aliphatic heterocycles. The number of carbonyl (C=O) groups excluding carboxylic acids is 1. The fourth-order valence-electron chi connectivity index (χ4n) is 2.84. The van der Waals surface area contributed by atoms with E-state index in [9.17, 15) is 14.9 Å². The second-order valence-corrected chi connectivity index (χ2v) is 6.64. The van der Waals surface area contributed by atoms with Gasteiger partial charge < -0.3 is 19.5 Å². The van der Waals surface area contributed by atoms with Gasteiger partial charge in [-0.1, -0.05) is 6.07 Å². The third-order valence-corrected chi connectivity index (χ3v) is 4.65. The smallest absolute Gasteiger partial charge is 0.273 e. The van der Waals surface area contributed by atoms with Crippen molar-refractivity contribution in [3.8, 4) is 17.2 Å². The van der Waals surface area contributed by atoms with Crippen LogP contribution in [-0.4, -0.2) is 49.6 Å². The molecular weight excluding hydrogens is 390 g/mol. The number of hydrogen-bond acceptors (Lipinski definition) is 7. The van der Waals surface area contributed by atoms with Gasteiger partial charge in [-0.15, -0.1) is 0 Å². The van der Waals surface area contributed by atoms with Gasteiger partial charge in [0.2, 0.25) is 5.91 Å². The van der Waals surface area contributed by atoms with E-state index in [-0.39, 0.29) is 17.3 Å². The fraction of sp³-hybridized carbons (Fsp3) is 0.381. The van der Waals surface area contributed by atoms with Crippen molar-refractivity contribution in [2.75, 3.05) is 33.2 Å². The summed E-state index contributed by atoms with van der Waals surface area (Å²) in [6.07, 6.45) is 0. The standard InChI is InChI=1S/C21H27N3O6/c1-6-30-18-10-7-15(11-20(18)29-5)13-23(3)14(2)21(25)22-17-9-8-16(24(26)27)12-19(17)28-4/h7-12,14H,6,13H2,1-5H3,(H,22,25)/t14-/m1/s1. The van der Waals surface area contributed by atoms with Gasteiger partial charge in [-0.25, -0.2) is 0 Å². The summed E-state index contributed by atoms with van der Waals surface area (Å²) in [4.78, 5) is 25.0. The molecule has 0 aliphatic carbocycles. The average Bonchev–Trinajstić information content (AvgIpc) is 2.74. The highest BCUT2D eigenvalue weighted by molar-refractivity contribution is 5.96. The van der Waals surface area contributed by atoms with Crippen molar-refractivity contribution in [3.05, 3.63) is 52.1 Å². The second-order valence-electron chi connectivity index (χ2n) is 6.64. The summed E-state index contributed by atoms with van der Waals surface area (Å²) >= 11 is 0. The first-order chi connectivity index (χ1) is 14.3. The maximum absolute atomic E-state index is 12.7. The molecule has 162 valence electrons. The Labute approximate surface area is 175 Å². The third kappa shape index (κ3) is 5.60. The molecule has 1 amide bonds. The number of anilines is 1. The number of nitrogens with zero attached hydrogens (tertiary/aromatic N) is 2. The number of nitro groups is 1. The molecule has 30 heavy (non-hydrogen) atoms. The van der Waals surface area contributed by atoms with Crippen molar-refractivity contribution < 1.29 is 23.9 Å². The zero-order valence-electron chi connectivity index (χ0n) is 17.8. The Bertz CT molecular complexity index is 902. The monoisotopic (exact) mass is 417 g/mol. The van der Waals surface area contributed by atoms with Gasteiger partial charge in [0.1, 0.15) is 5.75 Å². The maximum Gasteiger partial charge on any atom is 0.273 e. The summed E-state index contributed by atoms with van der Waals surface area (Å²) in [6, 6.07) is 9.23. The minimum atomic E-state index is -0.518. The van der Waals surface area contributed by atoms with E-state index >= 15 is 0 Å². The fourth-order valence-corrected chi connectivity index (χ4v) is 2.84. The molecule has 0 unspecified atom stereocenters. The summed E-state index contributed by atoms with van der Waals surface area (Å²) in [6.45, 7) is 4.73. The van der Waals surface area contributed by atoms with E-state index < -0.39 is 11.0 Å². The minimum absolute atomic E-state index is 0.112. The SMILES string of the molecule is CCOc1ccc(CN(C)[C@H](C)C(=O)Nc2ccc([N+](=O)[O-])cc2OC)cc1OC. The molecule has 0 heterocycles. The lowest BCUT2D eigenvalue weighted by molar-refractivity contribution is -0.384. The van der Waals surface area contributed by atoms with Gasteiger partial charge in [0.05, 0.1) is 43.5 Å². The van der Waals surface area contributed by atoms with Gasteiger partial charge in [0, 0.05) is 12.6 Å². The van der Waals surface area contributed by atoms with Crippen molar-refractivity contribution in [3.63, 3.8) is 0 Å². The lowest BCUT2D eigenvalue weighted by Gasteiger charge is -2.24. The van der Waals surface area contributed by atoms with Crippen LogP contribution in [-0.2, 0) is 11.3 Å². The molecule has 0 aliphatic rings. The molecule has 0 aromatic heterocycles. The third-order valence-electron chi connectivity index (χ3n) is 4.65. The molecule has 0 bridgehead atoms. The molecule has 0 saturated carbocycles. The Morgan fingerprint density at radius 2 is 1.83 bits per heavy atom. The molecular formula is C21H27N3O6. The number of amides is 1. The van der Waals surface area contributed by atoms with Gasteiger partial charge in [0.15, 0.2) is 11.5 Å². The van der Waals surface area contributed by atoms with Crippen LogP contribution in [0.1, 0.15) is 19.4 Å². The molecule has 2 rings (SSSR count). The number of likely N-dealkylation sites (N-methyl/N-ethyl adjacent to an activating group) is 1. The second kappa shape index (κ2) is 10.4. The number of nitrogens with one attached hydrogen (secondary N) is 1. The van der Waals surface area contributed by atoms with E-state index in [2.05, 4.69) is 5.32 Å². The van der Waals surface area contributed by atoms with Gasteiger partial charge >= 0.3 is 0 Å². The van der Waals surface area contributed by atoms with E-state index in [1.807, 2.05) is 37.1 Å². The molecule has 1 atom stereocenters. The molecule has 0 spiro atoms. The Morgan fingerprint density at radius 1 is 1.13 bits per heavy atom. The van der Waals surface area contributed by atoms with Gasteiger partial charge in [-0.3, -0.25) is 19.8 Å². The van der Waals surface area contributed by atoms with Crippen LogP contribution >= 0.6 is 0 Å². The average molecular weight is 417 g/mol. The van der Waals surface area contributed by atoms with Crippen LogP contribution in [0.25, 0.3) is 0 Å². The van der Waals surface area contributed by atoms with Crippen LogP contribution in [0.15, 0.2) is 36.4 Å². The highest BCUT2D eigenvalue weighted by atomic mass is 16.6. The van der Waals surface area contributed by atoms with Crippen molar-refractivity contribution in [2.24, 2.45) is 0 Å². The summed E-state index contributed by atoms with van der Waals surface area (Å²) in [7, 11) is 4.81. The number of nitro benzene ring substituents is 1. The highest BCUT2D eigenvalue weighted by Gasteiger charge is 2.21. The molecule has 0 radical (unpaired) electrons. The highest BCUT2D eigenvalue weighted by Crippen LogP contribution is 2.30. The molecule has 0 fully saturated rings. The van der Waals surface area contributed by atoms with Crippen molar-refractivity contribution in [1.82, 2.24) is 4.90 Å². The molecule has 9 heteroatoms. The first-order valence-electron chi connectivity index (χ1n) is 9.43. The largest absolute Gasteiger partial charge is 0.494 e. The zero-order chi connectivity index (χ0) is 22.3.